The van der Waals surface area contributed by atoms with Gasteiger partial charge in [0.1, 0.15) is 11.3 Å². The van der Waals surface area contributed by atoms with Crippen molar-refractivity contribution in [2.24, 2.45) is 0 Å². The van der Waals surface area contributed by atoms with Gasteiger partial charge in [-0.3, -0.25) is 4.79 Å². The highest BCUT2D eigenvalue weighted by atomic mass is 79.9. The van der Waals surface area contributed by atoms with Gasteiger partial charge in [-0.05, 0) is 12.5 Å². The van der Waals surface area contributed by atoms with Gasteiger partial charge in [-0.25, -0.2) is 0 Å². The van der Waals surface area contributed by atoms with E-state index in [1.54, 1.807) is 11.8 Å². The van der Waals surface area contributed by atoms with Crippen molar-refractivity contribution >= 4 is 21.8 Å². The number of hydrogen-bond acceptors (Lipinski definition) is 3. The molecule has 0 N–H and O–H groups in total. The zero-order valence-corrected chi connectivity index (χ0v) is 12.3. The van der Waals surface area contributed by atoms with Crippen LogP contribution >= 0.6 is 15.9 Å². The highest BCUT2D eigenvalue weighted by Crippen LogP contribution is 2.13. The summed E-state index contributed by atoms with van der Waals surface area (Å²) in [5.74, 6) is 0.500. The van der Waals surface area contributed by atoms with Crippen LogP contribution in [0.2, 0.25) is 0 Å². The number of benzene rings is 1. The summed E-state index contributed by atoms with van der Waals surface area (Å²) in [5.41, 5.74) is 1.63. The maximum Gasteiger partial charge on any atom is 0.259 e. The predicted octanol–water partition coefficient (Wildman–Crippen LogP) is 3.02. The lowest BCUT2D eigenvalue weighted by molar-refractivity contribution is 0.0753. The molecule has 100 valence electrons. The molecule has 0 bridgehead atoms. The molecule has 1 aromatic heterocycles. The summed E-state index contributed by atoms with van der Waals surface area (Å²) < 4.78 is 4.95. The smallest absolute Gasteiger partial charge is 0.259 e. The number of nitrogens with zero attached hydrogens (tertiary/aromatic N) is 2. The van der Waals surface area contributed by atoms with Gasteiger partial charge in [0.15, 0.2) is 0 Å². The third-order valence-electron chi connectivity index (χ3n) is 2.84. The molecule has 0 aliphatic carbocycles. The Bertz CT molecular complexity index is 539. The van der Waals surface area contributed by atoms with E-state index in [2.05, 4.69) is 21.1 Å². The number of carbonyl (C=O) groups is 1. The van der Waals surface area contributed by atoms with Crippen LogP contribution in [-0.2, 0) is 6.54 Å². The van der Waals surface area contributed by atoms with E-state index in [1.807, 2.05) is 30.3 Å². The third kappa shape index (κ3) is 3.44. The van der Waals surface area contributed by atoms with Crippen LogP contribution < -0.4 is 0 Å². The summed E-state index contributed by atoms with van der Waals surface area (Å²) in [6, 6.07) is 9.92. The summed E-state index contributed by atoms with van der Waals surface area (Å²) >= 11 is 3.38. The second kappa shape index (κ2) is 6.52. The maximum absolute atomic E-state index is 12.4. The quantitative estimate of drug-likeness (QED) is 0.795. The van der Waals surface area contributed by atoms with Crippen LogP contribution in [0, 0.1) is 6.92 Å². The number of hydrogen-bond donors (Lipinski definition) is 0. The van der Waals surface area contributed by atoms with Crippen LogP contribution in [0.5, 0.6) is 0 Å². The van der Waals surface area contributed by atoms with E-state index in [1.165, 1.54) is 6.20 Å². The molecule has 0 aliphatic heterocycles. The van der Waals surface area contributed by atoms with Gasteiger partial charge in [-0.15, -0.1) is 0 Å². The average molecular weight is 323 g/mol. The molecular weight excluding hydrogens is 308 g/mol. The predicted molar refractivity (Wildman–Crippen MR) is 76.2 cm³/mol. The number of carbonyl (C=O) groups excluding carboxylic acids is 1. The highest BCUT2D eigenvalue weighted by molar-refractivity contribution is 9.09. The van der Waals surface area contributed by atoms with Gasteiger partial charge in [-0.1, -0.05) is 51.4 Å². The highest BCUT2D eigenvalue weighted by Gasteiger charge is 2.19. The minimum absolute atomic E-state index is 0.0537. The number of amides is 1. The molecule has 0 fully saturated rings. The average Bonchev–Trinajstić information content (AvgIpc) is 2.85. The Morgan fingerprint density at radius 2 is 2.11 bits per heavy atom. The molecule has 2 rings (SSSR count). The Morgan fingerprint density at radius 3 is 2.68 bits per heavy atom. The van der Waals surface area contributed by atoms with Crippen LogP contribution in [0.3, 0.4) is 0 Å². The standard InChI is InChI=1S/C14H15BrN2O2/c1-11-13(9-16-19-11)14(18)17(8-7-15)10-12-5-3-2-4-6-12/h2-6,9H,7-8,10H2,1H3. The number of rotatable bonds is 5. The van der Waals surface area contributed by atoms with Crippen molar-refractivity contribution in [3.63, 3.8) is 0 Å². The molecule has 1 amide bonds. The lowest BCUT2D eigenvalue weighted by Crippen LogP contribution is -2.32. The lowest BCUT2D eigenvalue weighted by Gasteiger charge is -2.21. The van der Waals surface area contributed by atoms with E-state index >= 15 is 0 Å². The Labute approximate surface area is 120 Å². The molecule has 0 saturated carbocycles. The first kappa shape index (κ1) is 13.8. The molecule has 0 spiro atoms. The molecule has 0 saturated heterocycles. The number of alkyl halides is 1. The Hall–Kier alpha value is -1.62. The van der Waals surface area contributed by atoms with Crippen LogP contribution in [0.4, 0.5) is 0 Å². The van der Waals surface area contributed by atoms with E-state index in [-0.39, 0.29) is 5.91 Å². The van der Waals surface area contributed by atoms with E-state index in [4.69, 9.17) is 4.52 Å². The molecule has 0 unspecified atom stereocenters. The van der Waals surface area contributed by atoms with Crippen molar-refractivity contribution in [2.45, 2.75) is 13.5 Å². The van der Waals surface area contributed by atoms with Gasteiger partial charge in [0.25, 0.3) is 5.91 Å². The van der Waals surface area contributed by atoms with Crippen molar-refractivity contribution in [3.8, 4) is 0 Å². The third-order valence-corrected chi connectivity index (χ3v) is 3.19. The zero-order chi connectivity index (χ0) is 13.7. The van der Waals surface area contributed by atoms with Crippen molar-refractivity contribution in [1.82, 2.24) is 10.1 Å². The van der Waals surface area contributed by atoms with Gasteiger partial charge >= 0.3 is 0 Å². The van der Waals surface area contributed by atoms with Crippen molar-refractivity contribution in [3.05, 3.63) is 53.4 Å². The largest absolute Gasteiger partial charge is 0.361 e. The molecule has 19 heavy (non-hydrogen) atoms. The molecule has 0 atom stereocenters. The second-order valence-corrected chi connectivity index (χ2v) is 4.99. The van der Waals surface area contributed by atoms with Crippen LogP contribution in [0.15, 0.2) is 41.1 Å². The van der Waals surface area contributed by atoms with Crippen LogP contribution in [0.1, 0.15) is 21.7 Å². The van der Waals surface area contributed by atoms with Crippen molar-refractivity contribution in [2.75, 3.05) is 11.9 Å². The summed E-state index contributed by atoms with van der Waals surface area (Å²) in [4.78, 5) is 14.2. The van der Waals surface area contributed by atoms with Gasteiger partial charge in [0, 0.05) is 18.4 Å². The molecule has 1 heterocycles. The van der Waals surface area contributed by atoms with E-state index < -0.39 is 0 Å². The number of halogens is 1. The van der Waals surface area contributed by atoms with E-state index in [0.717, 1.165) is 10.9 Å². The Balaban J connectivity index is 2.16. The minimum atomic E-state index is -0.0537. The van der Waals surface area contributed by atoms with Crippen molar-refractivity contribution < 1.29 is 9.32 Å². The SMILES string of the molecule is Cc1oncc1C(=O)N(CCBr)Cc1ccccc1. The summed E-state index contributed by atoms with van der Waals surface area (Å²) in [7, 11) is 0. The minimum Gasteiger partial charge on any atom is -0.361 e. The molecule has 4 nitrogen and oxygen atoms in total. The number of aromatic nitrogens is 1. The van der Waals surface area contributed by atoms with Gasteiger partial charge in [-0.2, -0.15) is 0 Å². The second-order valence-electron chi connectivity index (χ2n) is 4.20. The first-order chi connectivity index (χ1) is 9.22. The van der Waals surface area contributed by atoms with Crippen molar-refractivity contribution in [1.29, 1.82) is 0 Å². The lowest BCUT2D eigenvalue weighted by atomic mass is 10.2. The fourth-order valence-electron chi connectivity index (χ4n) is 1.83. The Kier molecular flexibility index (Phi) is 4.74. The van der Waals surface area contributed by atoms with Gasteiger partial charge in [0.2, 0.25) is 0 Å². The Morgan fingerprint density at radius 1 is 1.37 bits per heavy atom. The van der Waals surface area contributed by atoms with Crippen LogP contribution in [0.25, 0.3) is 0 Å². The topological polar surface area (TPSA) is 46.3 Å². The molecular formula is C14H15BrN2O2. The summed E-state index contributed by atoms with van der Waals surface area (Å²) in [6.45, 7) is 2.96. The number of aryl methyl sites for hydroxylation is 1. The maximum atomic E-state index is 12.4. The van der Waals surface area contributed by atoms with Crippen LogP contribution in [-0.4, -0.2) is 27.8 Å². The fraction of sp³-hybridized carbons (Fsp3) is 0.286. The first-order valence-electron chi connectivity index (χ1n) is 6.03. The molecule has 0 radical (unpaired) electrons. The zero-order valence-electron chi connectivity index (χ0n) is 10.7. The van der Waals surface area contributed by atoms with E-state index in [0.29, 0.717) is 24.4 Å². The first-order valence-corrected chi connectivity index (χ1v) is 7.15. The van der Waals surface area contributed by atoms with Gasteiger partial charge < -0.3 is 9.42 Å². The van der Waals surface area contributed by atoms with E-state index in [9.17, 15) is 4.79 Å². The molecule has 2 aromatic rings. The summed E-state index contributed by atoms with van der Waals surface area (Å²) in [5, 5.41) is 4.39. The van der Waals surface area contributed by atoms with Gasteiger partial charge in [0.05, 0.1) is 6.20 Å². The normalized spacial score (nSPS) is 10.4. The monoisotopic (exact) mass is 322 g/mol. The molecule has 0 aliphatic rings. The molecule has 1 aromatic carbocycles. The molecule has 5 heteroatoms. The fourth-order valence-corrected chi connectivity index (χ4v) is 2.26. The summed E-state index contributed by atoms with van der Waals surface area (Å²) in [6.07, 6.45) is 1.48.